The van der Waals surface area contributed by atoms with Crippen LogP contribution in [-0.4, -0.2) is 10.2 Å². The molecule has 2 aromatic rings. The maximum atomic E-state index is 13.3. The average molecular weight is 308 g/mol. The van der Waals surface area contributed by atoms with Crippen LogP contribution in [0.25, 0.3) is 0 Å². The number of hydrogen-bond acceptors (Lipinski definition) is 3. The second-order valence-electron chi connectivity index (χ2n) is 3.75. The van der Waals surface area contributed by atoms with E-state index in [1.54, 1.807) is 0 Å². The molecule has 9 heteroatoms. The highest BCUT2D eigenvalue weighted by Gasteiger charge is 2.35. The van der Waals surface area contributed by atoms with E-state index in [1.165, 1.54) is 6.07 Å². The summed E-state index contributed by atoms with van der Waals surface area (Å²) < 4.78 is 51.2. The highest BCUT2D eigenvalue weighted by Crippen LogP contribution is 2.36. The summed E-state index contributed by atoms with van der Waals surface area (Å²) in [4.78, 5) is 10.8. The minimum atomic E-state index is -4.87. The minimum absolute atomic E-state index is 0.0837. The summed E-state index contributed by atoms with van der Waals surface area (Å²) in [5.74, 6) is -1.46. The number of hydrogen-bond donors (Lipinski definition) is 2. The Hall–Kier alpha value is -2.09. The van der Waals surface area contributed by atoms with Gasteiger partial charge in [0.2, 0.25) is 0 Å². The standard InChI is InChI=1S/C11H6ClF4N3O/c12-7-4-5(3-6(10(7)13)11(14,15)16)17-8-1-2-9(20)19-18-8/h1-4H,(H,17,18)(H,19,20). The fourth-order valence-corrected chi connectivity index (χ4v) is 1.65. The molecule has 0 aliphatic carbocycles. The molecular formula is C11H6ClF4N3O. The molecule has 0 saturated carbocycles. The van der Waals surface area contributed by atoms with E-state index in [9.17, 15) is 22.4 Å². The van der Waals surface area contributed by atoms with Crippen molar-refractivity contribution in [2.24, 2.45) is 0 Å². The third-order valence-corrected chi connectivity index (χ3v) is 2.56. The summed E-state index contributed by atoms with van der Waals surface area (Å²) in [5, 5.41) is 7.45. The summed E-state index contributed by atoms with van der Waals surface area (Å²) in [5.41, 5.74) is -2.07. The van der Waals surface area contributed by atoms with E-state index in [0.29, 0.717) is 6.07 Å². The summed E-state index contributed by atoms with van der Waals surface area (Å²) in [6.45, 7) is 0. The van der Waals surface area contributed by atoms with E-state index in [-0.39, 0.29) is 11.5 Å². The summed E-state index contributed by atoms with van der Waals surface area (Å²) in [6.07, 6.45) is -4.87. The molecule has 0 unspecified atom stereocenters. The lowest BCUT2D eigenvalue weighted by molar-refractivity contribution is -0.139. The molecule has 106 valence electrons. The van der Waals surface area contributed by atoms with Crippen LogP contribution in [0, 0.1) is 5.82 Å². The molecule has 1 heterocycles. The topological polar surface area (TPSA) is 57.8 Å². The van der Waals surface area contributed by atoms with Crippen molar-refractivity contribution in [3.8, 4) is 0 Å². The molecule has 0 saturated heterocycles. The molecule has 0 atom stereocenters. The third kappa shape index (κ3) is 3.08. The van der Waals surface area contributed by atoms with Crippen molar-refractivity contribution in [3.05, 3.63) is 51.0 Å². The lowest BCUT2D eigenvalue weighted by atomic mass is 10.1. The summed E-state index contributed by atoms with van der Waals surface area (Å²) in [7, 11) is 0. The number of halogens is 5. The van der Waals surface area contributed by atoms with Gasteiger partial charge in [-0.2, -0.15) is 18.3 Å². The van der Waals surface area contributed by atoms with Gasteiger partial charge in [0.05, 0.1) is 10.6 Å². The number of nitrogens with zero attached hydrogens (tertiary/aromatic N) is 1. The number of aromatic amines is 1. The number of H-pyrrole nitrogens is 1. The van der Waals surface area contributed by atoms with E-state index in [2.05, 4.69) is 15.5 Å². The first kappa shape index (κ1) is 14.3. The monoisotopic (exact) mass is 307 g/mol. The van der Waals surface area contributed by atoms with Crippen LogP contribution >= 0.6 is 11.6 Å². The fraction of sp³-hybridized carbons (Fsp3) is 0.0909. The quantitative estimate of drug-likeness (QED) is 0.837. The Morgan fingerprint density at radius 2 is 1.95 bits per heavy atom. The average Bonchev–Trinajstić information content (AvgIpc) is 2.35. The van der Waals surface area contributed by atoms with Crippen LogP contribution in [0.2, 0.25) is 5.02 Å². The van der Waals surface area contributed by atoms with E-state index in [0.717, 1.165) is 12.1 Å². The highest BCUT2D eigenvalue weighted by atomic mass is 35.5. The van der Waals surface area contributed by atoms with Gasteiger partial charge in [-0.1, -0.05) is 11.6 Å². The van der Waals surface area contributed by atoms with Gasteiger partial charge in [0, 0.05) is 11.8 Å². The van der Waals surface area contributed by atoms with Gasteiger partial charge < -0.3 is 5.32 Å². The Bertz CT molecular complexity index is 679. The Morgan fingerprint density at radius 1 is 1.25 bits per heavy atom. The summed E-state index contributed by atoms with van der Waals surface area (Å²) >= 11 is 5.42. The third-order valence-electron chi connectivity index (χ3n) is 2.29. The molecule has 0 amide bonds. The SMILES string of the molecule is O=c1ccc(Nc2cc(Cl)c(F)c(C(F)(F)F)c2)n[nH]1. The van der Waals surface area contributed by atoms with Crippen molar-refractivity contribution in [1.82, 2.24) is 10.2 Å². The maximum absolute atomic E-state index is 13.3. The number of aromatic nitrogens is 2. The van der Waals surface area contributed by atoms with Gasteiger partial charge in [-0.25, -0.2) is 9.49 Å². The second-order valence-corrected chi connectivity index (χ2v) is 4.16. The molecule has 0 aliphatic heterocycles. The van der Waals surface area contributed by atoms with Gasteiger partial charge in [0.25, 0.3) is 5.56 Å². The van der Waals surface area contributed by atoms with Crippen molar-refractivity contribution in [3.63, 3.8) is 0 Å². The first-order chi connectivity index (χ1) is 9.27. The largest absolute Gasteiger partial charge is 0.419 e. The van der Waals surface area contributed by atoms with Gasteiger partial charge in [0.1, 0.15) is 0 Å². The molecular weight excluding hydrogens is 302 g/mol. The van der Waals surface area contributed by atoms with Crippen LogP contribution < -0.4 is 10.9 Å². The normalized spacial score (nSPS) is 11.4. The van der Waals surface area contributed by atoms with E-state index >= 15 is 0 Å². The molecule has 0 fully saturated rings. The number of rotatable bonds is 2. The smallest absolute Gasteiger partial charge is 0.339 e. The Balaban J connectivity index is 2.40. The zero-order valence-corrected chi connectivity index (χ0v) is 10.3. The lowest BCUT2D eigenvalue weighted by Gasteiger charge is -2.12. The van der Waals surface area contributed by atoms with Crippen LogP contribution in [-0.2, 0) is 6.18 Å². The first-order valence-electron chi connectivity index (χ1n) is 5.16. The van der Waals surface area contributed by atoms with E-state index in [4.69, 9.17) is 11.6 Å². The molecule has 4 nitrogen and oxygen atoms in total. The van der Waals surface area contributed by atoms with E-state index < -0.39 is 28.1 Å². The van der Waals surface area contributed by atoms with Crippen molar-refractivity contribution in [2.45, 2.75) is 6.18 Å². The van der Waals surface area contributed by atoms with Crippen molar-refractivity contribution in [1.29, 1.82) is 0 Å². The number of alkyl halides is 3. The van der Waals surface area contributed by atoms with Gasteiger partial charge in [-0.05, 0) is 18.2 Å². The molecule has 1 aromatic heterocycles. The van der Waals surface area contributed by atoms with Crippen LogP contribution in [0.3, 0.4) is 0 Å². The van der Waals surface area contributed by atoms with Crippen molar-refractivity contribution >= 4 is 23.1 Å². The molecule has 0 aliphatic rings. The van der Waals surface area contributed by atoms with Gasteiger partial charge in [0.15, 0.2) is 11.6 Å². The van der Waals surface area contributed by atoms with Gasteiger partial charge in [-0.15, -0.1) is 0 Å². The summed E-state index contributed by atoms with van der Waals surface area (Å²) in [6, 6.07) is 3.93. The lowest BCUT2D eigenvalue weighted by Crippen LogP contribution is -2.10. The van der Waals surface area contributed by atoms with Crippen LogP contribution in [0.1, 0.15) is 5.56 Å². The Kier molecular flexibility index (Phi) is 3.67. The molecule has 1 aromatic carbocycles. The zero-order valence-electron chi connectivity index (χ0n) is 9.55. The first-order valence-corrected chi connectivity index (χ1v) is 5.54. The van der Waals surface area contributed by atoms with Crippen LogP contribution in [0.15, 0.2) is 29.1 Å². The predicted octanol–water partition coefficient (Wildman–Crippen LogP) is 3.32. The fourth-order valence-electron chi connectivity index (χ4n) is 1.43. The number of anilines is 2. The minimum Gasteiger partial charge on any atom is -0.339 e. The maximum Gasteiger partial charge on any atom is 0.419 e. The highest BCUT2D eigenvalue weighted by molar-refractivity contribution is 6.31. The van der Waals surface area contributed by atoms with E-state index in [1.807, 2.05) is 0 Å². The van der Waals surface area contributed by atoms with Gasteiger partial charge in [-0.3, -0.25) is 4.79 Å². The second kappa shape index (κ2) is 5.12. The molecule has 0 radical (unpaired) electrons. The number of nitrogens with one attached hydrogen (secondary N) is 2. The van der Waals surface area contributed by atoms with Crippen molar-refractivity contribution < 1.29 is 17.6 Å². The molecule has 0 bridgehead atoms. The molecule has 20 heavy (non-hydrogen) atoms. The molecule has 2 rings (SSSR count). The van der Waals surface area contributed by atoms with Gasteiger partial charge >= 0.3 is 6.18 Å². The Morgan fingerprint density at radius 3 is 2.50 bits per heavy atom. The Labute approximate surface area is 114 Å². The molecule has 2 N–H and O–H groups in total. The van der Waals surface area contributed by atoms with Crippen LogP contribution in [0.4, 0.5) is 29.1 Å². The number of benzene rings is 1. The van der Waals surface area contributed by atoms with Crippen molar-refractivity contribution in [2.75, 3.05) is 5.32 Å². The van der Waals surface area contributed by atoms with Crippen LogP contribution in [0.5, 0.6) is 0 Å². The zero-order chi connectivity index (χ0) is 14.9. The molecule has 0 spiro atoms. The predicted molar refractivity (Wildman–Crippen MR) is 64.6 cm³/mol.